The molecule has 6 heteroatoms. The lowest BCUT2D eigenvalue weighted by molar-refractivity contribution is 0.0449. The lowest BCUT2D eigenvalue weighted by atomic mass is 9.34. The fourth-order valence-electron chi connectivity index (χ4n) is 6.97. The number of aliphatic hydroxyl groups is 3. The van der Waals surface area contributed by atoms with Gasteiger partial charge in [0.2, 0.25) is 0 Å². The summed E-state index contributed by atoms with van der Waals surface area (Å²) in [6.45, 7) is 12.6. The first-order valence-corrected chi connectivity index (χ1v) is 12.7. The Hall–Kier alpha value is -0.705. The predicted molar refractivity (Wildman–Crippen MR) is 138 cm³/mol. The van der Waals surface area contributed by atoms with Crippen LogP contribution < -0.4 is 0 Å². The van der Waals surface area contributed by atoms with Crippen LogP contribution in [-0.4, -0.2) is 56.1 Å². The molecule has 3 nitrogen and oxygen atoms in total. The summed E-state index contributed by atoms with van der Waals surface area (Å²) in [5.41, 5.74) is -0.000990. The molecular weight excluding hydrogens is 405 g/mol. The summed E-state index contributed by atoms with van der Waals surface area (Å²) in [5.74, 6) is 1.80. The maximum Gasteiger partial charge on any atom is 0.112 e. The predicted octanol–water partition coefficient (Wildman–Crippen LogP) is 4.26. The van der Waals surface area contributed by atoms with Crippen LogP contribution in [0, 0.1) is 23.2 Å². The average Bonchev–Trinajstić information content (AvgIpc) is 3.03. The molecule has 0 amide bonds. The topological polar surface area (TPSA) is 60.7 Å². The second-order valence-electron chi connectivity index (χ2n) is 12.1. The van der Waals surface area contributed by atoms with Crippen LogP contribution in [0.25, 0.3) is 0 Å². The number of aliphatic hydroxyl groups excluding tert-OH is 1. The van der Waals surface area contributed by atoms with E-state index in [4.69, 9.17) is 23.5 Å². The van der Waals surface area contributed by atoms with Gasteiger partial charge in [-0.3, -0.25) is 0 Å². The molecule has 3 aliphatic carbocycles. The molecule has 176 valence electrons. The Morgan fingerprint density at radius 2 is 1.88 bits per heavy atom. The van der Waals surface area contributed by atoms with Gasteiger partial charge < -0.3 is 15.3 Å². The molecule has 0 unspecified atom stereocenters. The Morgan fingerprint density at radius 3 is 2.52 bits per heavy atom. The summed E-state index contributed by atoms with van der Waals surface area (Å²) in [5, 5.41) is 29.3. The lowest BCUT2D eigenvalue weighted by Gasteiger charge is -2.50. The van der Waals surface area contributed by atoms with E-state index in [1.807, 2.05) is 19.9 Å². The first-order chi connectivity index (χ1) is 15.1. The van der Waals surface area contributed by atoms with Gasteiger partial charge in [-0.05, 0) is 87.5 Å². The Bertz CT molecular complexity index is 808. The Morgan fingerprint density at radius 1 is 1.21 bits per heavy atom. The van der Waals surface area contributed by atoms with Gasteiger partial charge in [-0.1, -0.05) is 61.8 Å². The average molecular weight is 446 g/mol. The molecule has 33 heavy (non-hydrogen) atoms. The minimum Gasteiger partial charge on any atom is -0.400 e. The highest BCUT2D eigenvalue weighted by Gasteiger charge is 2.51. The molecule has 3 N–H and O–H groups in total. The molecule has 0 spiro atoms. The zero-order chi connectivity index (χ0) is 24.8. The molecule has 6 radical (unpaired) electrons. The normalized spacial score (nSPS) is 40.2. The molecule has 0 aromatic rings. The molecule has 0 aliphatic heterocycles. The van der Waals surface area contributed by atoms with Crippen LogP contribution in [-0.2, 0) is 0 Å². The van der Waals surface area contributed by atoms with Gasteiger partial charge in [0.1, 0.15) is 7.85 Å². The van der Waals surface area contributed by atoms with E-state index in [0.717, 1.165) is 32.1 Å². The summed E-state index contributed by atoms with van der Waals surface area (Å²) in [6, 6.07) is 0. The fraction of sp³-hybridized carbons (Fsp3) is 0.778. The van der Waals surface area contributed by atoms with Crippen molar-refractivity contribution < 1.29 is 15.3 Å². The van der Waals surface area contributed by atoms with Crippen LogP contribution in [0.5, 0.6) is 0 Å². The smallest absolute Gasteiger partial charge is 0.112 e. The van der Waals surface area contributed by atoms with Crippen molar-refractivity contribution in [2.75, 3.05) is 0 Å². The molecule has 0 saturated heterocycles. The van der Waals surface area contributed by atoms with E-state index in [2.05, 4.69) is 26.5 Å². The number of fused-ring (bicyclic) bond motifs is 1. The molecule has 0 bridgehead atoms. The maximum absolute atomic E-state index is 10.6. The highest BCUT2D eigenvalue weighted by molar-refractivity contribution is 6.47. The third kappa shape index (κ3) is 5.28. The van der Waals surface area contributed by atoms with Gasteiger partial charge in [0.25, 0.3) is 0 Å². The molecule has 3 fully saturated rings. The van der Waals surface area contributed by atoms with Crippen molar-refractivity contribution in [1.82, 2.24) is 0 Å². The Kier molecular flexibility index (Phi) is 7.66. The van der Waals surface area contributed by atoms with E-state index < -0.39 is 22.4 Å². The zero-order valence-corrected chi connectivity index (χ0v) is 21.1. The number of hydrogen-bond acceptors (Lipinski definition) is 3. The van der Waals surface area contributed by atoms with Crippen LogP contribution in [0.1, 0.15) is 85.5 Å². The van der Waals surface area contributed by atoms with E-state index in [1.54, 1.807) is 0 Å². The molecule has 0 aromatic carbocycles. The standard InChI is InChI=1S/C27H41B3O3/c1-17(8-6-14-24(3,4)32)20-12-13-22-19(9-7-15-25(20,22)5)10-11-21-18(2)23(31)16-26(28,33)27(21,29)30/h10-11,17,20,22-23,31-33H,2,6-9,12-16H2,1,3-5H3/b19-10+,21-11+/t17-,20-,22+,23+,25-,26+/m1/s1. The van der Waals surface area contributed by atoms with E-state index in [9.17, 15) is 15.3 Å². The van der Waals surface area contributed by atoms with Crippen LogP contribution in [0.2, 0.25) is 5.21 Å². The first kappa shape index (κ1) is 26.9. The quantitative estimate of drug-likeness (QED) is 0.535. The van der Waals surface area contributed by atoms with E-state index >= 15 is 0 Å². The summed E-state index contributed by atoms with van der Waals surface area (Å²) >= 11 is 0. The number of rotatable bonds is 6. The Balaban J connectivity index is 1.80. The van der Waals surface area contributed by atoms with Gasteiger partial charge >= 0.3 is 0 Å². The monoisotopic (exact) mass is 446 g/mol. The fourth-order valence-corrected chi connectivity index (χ4v) is 6.97. The van der Waals surface area contributed by atoms with E-state index in [0.29, 0.717) is 28.9 Å². The molecule has 0 aromatic heterocycles. The highest BCUT2D eigenvalue weighted by atomic mass is 16.3. The van der Waals surface area contributed by atoms with Crippen molar-refractivity contribution in [3.8, 4) is 0 Å². The molecule has 0 heterocycles. The third-order valence-electron chi connectivity index (χ3n) is 9.05. The number of hydrogen-bond donors (Lipinski definition) is 3. The van der Waals surface area contributed by atoms with Gasteiger partial charge in [-0.25, -0.2) is 0 Å². The van der Waals surface area contributed by atoms with Gasteiger partial charge in [0.05, 0.1) is 27.4 Å². The van der Waals surface area contributed by atoms with Gasteiger partial charge in [-0.15, -0.1) is 0 Å². The second-order valence-corrected chi connectivity index (χ2v) is 12.1. The van der Waals surface area contributed by atoms with Crippen LogP contribution in [0.3, 0.4) is 0 Å². The highest BCUT2D eigenvalue weighted by Crippen LogP contribution is 2.60. The summed E-state index contributed by atoms with van der Waals surface area (Å²) in [4.78, 5) is 0. The minimum atomic E-state index is -1.91. The Labute approximate surface area is 205 Å². The van der Waals surface area contributed by atoms with Crippen LogP contribution in [0.15, 0.2) is 35.5 Å². The lowest BCUT2D eigenvalue weighted by Crippen LogP contribution is -2.52. The zero-order valence-electron chi connectivity index (χ0n) is 21.1. The second kappa shape index (κ2) is 9.39. The van der Waals surface area contributed by atoms with Gasteiger partial charge in [0, 0.05) is 5.50 Å². The van der Waals surface area contributed by atoms with E-state index in [1.165, 1.54) is 24.8 Å². The van der Waals surface area contributed by atoms with Crippen molar-refractivity contribution >= 4 is 23.5 Å². The summed E-state index contributed by atoms with van der Waals surface area (Å²) < 4.78 is 0. The molecule has 3 aliphatic rings. The molecular formula is C27H41B3O3. The third-order valence-corrected chi connectivity index (χ3v) is 9.05. The summed E-state index contributed by atoms with van der Waals surface area (Å²) in [6.07, 6.45) is 11.7. The van der Waals surface area contributed by atoms with E-state index in [-0.39, 0.29) is 11.8 Å². The van der Waals surface area contributed by atoms with Gasteiger partial charge in [-0.2, -0.15) is 0 Å². The van der Waals surface area contributed by atoms with Crippen molar-refractivity contribution in [3.05, 3.63) is 35.5 Å². The molecule has 3 rings (SSSR count). The van der Waals surface area contributed by atoms with Crippen molar-refractivity contribution in [2.45, 2.75) is 108 Å². The summed E-state index contributed by atoms with van der Waals surface area (Å²) in [7, 11) is 18.5. The van der Waals surface area contributed by atoms with Crippen molar-refractivity contribution in [1.29, 1.82) is 0 Å². The van der Waals surface area contributed by atoms with Crippen molar-refractivity contribution in [3.63, 3.8) is 0 Å². The van der Waals surface area contributed by atoms with Crippen LogP contribution >= 0.6 is 0 Å². The van der Waals surface area contributed by atoms with Crippen molar-refractivity contribution in [2.24, 2.45) is 23.2 Å². The number of allylic oxidation sites excluding steroid dienone is 3. The SMILES string of the molecule is [B]C1([B])/C(=C/C=C2\CCC[C@]3(C)[C@@H]([C@H](C)CCCC(C)(C)O)CC[C@@H]23)C(=C)[C@@H](O)C[C@]1([B])O. The van der Waals surface area contributed by atoms with Crippen LogP contribution in [0.4, 0.5) is 0 Å². The maximum atomic E-state index is 10.6. The minimum absolute atomic E-state index is 0.138. The first-order valence-electron chi connectivity index (χ1n) is 12.7. The largest absolute Gasteiger partial charge is 0.400 e. The molecule has 3 saturated carbocycles. The van der Waals surface area contributed by atoms with Gasteiger partial charge in [0.15, 0.2) is 0 Å². The molecule has 6 atom stereocenters.